The van der Waals surface area contributed by atoms with E-state index in [-0.39, 0.29) is 35.5 Å². The Morgan fingerprint density at radius 2 is 1.64 bits per heavy atom. The molecule has 2 heterocycles. The Labute approximate surface area is 168 Å². The van der Waals surface area contributed by atoms with Gasteiger partial charge >= 0.3 is 0 Å². The van der Waals surface area contributed by atoms with Gasteiger partial charge in [-0.2, -0.15) is 10.1 Å². The summed E-state index contributed by atoms with van der Waals surface area (Å²) < 4.78 is 2.10. The molecule has 4 unspecified atom stereocenters. The highest BCUT2D eigenvalue weighted by Crippen LogP contribution is 2.52. The maximum Gasteiger partial charge on any atom is 0.254 e. The van der Waals surface area contributed by atoms with Crippen LogP contribution in [-0.2, 0) is 9.59 Å². The lowest BCUT2D eigenvalue weighted by Gasteiger charge is -2.13. The van der Waals surface area contributed by atoms with Crippen LogP contribution in [0.25, 0.3) is 5.69 Å². The molecule has 1 saturated carbocycles. The quantitative estimate of drug-likeness (QED) is 0.451. The number of carbonyl (C=O) groups excluding carboxylic acids is 2. The van der Waals surface area contributed by atoms with Gasteiger partial charge in [-0.3, -0.25) is 9.59 Å². The van der Waals surface area contributed by atoms with Crippen molar-refractivity contribution in [3.63, 3.8) is 0 Å². The molecular formula is C22H20ClN3O2. The molecule has 28 heavy (non-hydrogen) atoms. The molecule has 2 amide bonds. The number of benzene rings is 1. The number of rotatable bonds is 3. The first-order chi connectivity index (χ1) is 13.5. The summed E-state index contributed by atoms with van der Waals surface area (Å²) in [6.07, 6.45) is 6.72. The lowest BCUT2D eigenvalue weighted by Crippen LogP contribution is -2.28. The fraction of sp³-hybridized carbons (Fsp3) is 0.318. The van der Waals surface area contributed by atoms with E-state index >= 15 is 0 Å². The smallest absolute Gasteiger partial charge is 0.254 e. The highest BCUT2D eigenvalue weighted by Gasteiger charge is 2.59. The first-order valence-electron chi connectivity index (χ1n) is 9.50. The van der Waals surface area contributed by atoms with Gasteiger partial charge in [-0.15, -0.1) is 0 Å². The van der Waals surface area contributed by atoms with E-state index in [1.807, 2.05) is 44.2 Å². The number of hydrazone groups is 1. The summed E-state index contributed by atoms with van der Waals surface area (Å²) in [5.74, 6) is -0.366. The monoisotopic (exact) mass is 393 g/mol. The largest absolute Gasteiger partial charge is 0.318 e. The summed E-state index contributed by atoms with van der Waals surface area (Å²) in [6.45, 7) is 4.01. The number of halogens is 1. The molecule has 4 atom stereocenters. The van der Waals surface area contributed by atoms with Crippen LogP contribution in [0.1, 0.15) is 23.4 Å². The summed E-state index contributed by atoms with van der Waals surface area (Å²) in [5.41, 5.74) is 3.92. The molecule has 3 aliphatic rings. The number of carbonyl (C=O) groups is 2. The average Bonchev–Trinajstić information content (AvgIpc) is 3.40. The van der Waals surface area contributed by atoms with E-state index in [9.17, 15) is 9.59 Å². The zero-order chi connectivity index (χ0) is 19.6. The normalized spacial score (nSPS) is 28.2. The number of fused-ring (bicyclic) bond motifs is 5. The predicted octanol–water partition coefficient (Wildman–Crippen LogP) is 3.89. The number of aromatic nitrogens is 1. The summed E-state index contributed by atoms with van der Waals surface area (Å²) in [5, 5.41) is 6.09. The Hall–Kier alpha value is -2.66. The van der Waals surface area contributed by atoms with Crippen LogP contribution in [0.4, 0.5) is 0 Å². The third-order valence-corrected chi connectivity index (χ3v) is 6.57. The van der Waals surface area contributed by atoms with Crippen LogP contribution in [0.15, 0.2) is 47.6 Å². The molecule has 6 heteroatoms. The molecule has 0 radical (unpaired) electrons. The second kappa shape index (κ2) is 6.17. The van der Waals surface area contributed by atoms with Crippen molar-refractivity contribution >= 4 is 29.6 Å². The Bertz CT molecular complexity index is 1020. The van der Waals surface area contributed by atoms with Gasteiger partial charge < -0.3 is 4.57 Å². The lowest BCUT2D eigenvalue weighted by molar-refractivity contribution is -0.140. The zero-order valence-electron chi connectivity index (χ0n) is 15.7. The van der Waals surface area contributed by atoms with Crippen molar-refractivity contribution in [2.24, 2.45) is 28.8 Å². The Morgan fingerprint density at radius 1 is 1.04 bits per heavy atom. The average molecular weight is 394 g/mol. The van der Waals surface area contributed by atoms with Crippen LogP contribution in [0.3, 0.4) is 0 Å². The fourth-order valence-corrected chi connectivity index (χ4v) is 5.15. The van der Waals surface area contributed by atoms with Crippen LogP contribution >= 0.6 is 11.6 Å². The molecule has 5 nitrogen and oxygen atoms in total. The van der Waals surface area contributed by atoms with Crippen molar-refractivity contribution in [3.05, 3.63) is 64.5 Å². The van der Waals surface area contributed by atoms with Gasteiger partial charge in [-0.1, -0.05) is 23.8 Å². The number of aryl methyl sites for hydroxylation is 1. The summed E-state index contributed by atoms with van der Waals surface area (Å²) in [6, 6.07) is 9.63. The molecule has 2 fully saturated rings. The first kappa shape index (κ1) is 17.4. The van der Waals surface area contributed by atoms with Crippen molar-refractivity contribution < 1.29 is 9.59 Å². The molecule has 5 rings (SSSR count). The lowest BCUT2D eigenvalue weighted by atomic mass is 9.85. The van der Waals surface area contributed by atoms with E-state index in [0.29, 0.717) is 5.02 Å². The summed E-state index contributed by atoms with van der Waals surface area (Å²) in [7, 11) is 0. The Kier molecular flexibility index (Phi) is 3.85. The van der Waals surface area contributed by atoms with Gasteiger partial charge in [0.1, 0.15) is 0 Å². The van der Waals surface area contributed by atoms with Crippen LogP contribution in [0, 0.1) is 37.5 Å². The van der Waals surface area contributed by atoms with Crippen molar-refractivity contribution in [3.8, 4) is 5.69 Å². The summed E-state index contributed by atoms with van der Waals surface area (Å²) >= 11 is 5.99. The van der Waals surface area contributed by atoms with Gasteiger partial charge in [0.2, 0.25) is 0 Å². The molecule has 1 aliphatic heterocycles. The molecule has 2 aromatic rings. The second-order valence-electron chi connectivity index (χ2n) is 7.87. The van der Waals surface area contributed by atoms with Gasteiger partial charge in [0.05, 0.1) is 18.1 Å². The maximum atomic E-state index is 12.8. The molecule has 0 N–H and O–H groups in total. The number of allylic oxidation sites excluding steroid dienone is 2. The van der Waals surface area contributed by atoms with Crippen LogP contribution < -0.4 is 0 Å². The second-order valence-corrected chi connectivity index (χ2v) is 8.31. The third kappa shape index (κ3) is 2.42. The highest BCUT2D eigenvalue weighted by molar-refractivity contribution is 6.30. The van der Waals surface area contributed by atoms with Gasteiger partial charge in [-0.25, -0.2) is 0 Å². The van der Waals surface area contributed by atoms with Gasteiger partial charge in [0.15, 0.2) is 0 Å². The van der Waals surface area contributed by atoms with Gasteiger partial charge in [0, 0.05) is 27.7 Å². The predicted molar refractivity (Wildman–Crippen MR) is 107 cm³/mol. The molecule has 1 aromatic carbocycles. The SMILES string of the molecule is Cc1cc(C=NN2C(=O)C3C4C=CC(C4)C3C2=O)c(C)n1-c1ccc(Cl)cc1. The van der Waals surface area contributed by atoms with Gasteiger partial charge in [0.25, 0.3) is 11.8 Å². The topological polar surface area (TPSA) is 54.7 Å². The minimum Gasteiger partial charge on any atom is -0.318 e. The Morgan fingerprint density at radius 3 is 2.25 bits per heavy atom. The Balaban J connectivity index is 1.44. The minimum atomic E-state index is -0.221. The number of amides is 2. The van der Waals surface area contributed by atoms with Gasteiger partial charge in [-0.05, 0) is 62.4 Å². The number of hydrogen-bond donors (Lipinski definition) is 0. The van der Waals surface area contributed by atoms with E-state index in [1.165, 1.54) is 0 Å². The molecule has 2 bridgehead atoms. The number of imide groups is 1. The number of hydrogen-bond acceptors (Lipinski definition) is 3. The van der Waals surface area contributed by atoms with E-state index in [0.717, 1.165) is 34.1 Å². The van der Waals surface area contributed by atoms with Crippen molar-refractivity contribution in [1.29, 1.82) is 0 Å². The standard InChI is InChI=1S/C22H20ClN3O2/c1-12-9-16(13(2)25(12)18-7-5-17(23)6-8-18)11-24-26-21(27)19-14-3-4-15(10-14)20(19)22(26)28/h3-9,11,14-15,19-20H,10H2,1-2H3. The molecule has 1 aromatic heterocycles. The molecule has 2 aliphatic carbocycles. The zero-order valence-corrected chi connectivity index (χ0v) is 16.4. The van der Waals surface area contributed by atoms with Crippen molar-refractivity contribution in [2.45, 2.75) is 20.3 Å². The molecule has 1 saturated heterocycles. The van der Waals surface area contributed by atoms with Crippen LogP contribution in [0.2, 0.25) is 5.02 Å². The number of nitrogens with zero attached hydrogens (tertiary/aromatic N) is 3. The minimum absolute atomic E-state index is 0.158. The fourth-order valence-electron chi connectivity index (χ4n) is 5.03. The molecular weight excluding hydrogens is 374 g/mol. The van der Waals surface area contributed by atoms with Crippen molar-refractivity contribution in [2.75, 3.05) is 0 Å². The van der Waals surface area contributed by atoms with Crippen molar-refractivity contribution in [1.82, 2.24) is 9.58 Å². The van der Waals surface area contributed by atoms with E-state index in [1.54, 1.807) is 6.21 Å². The first-order valence-corrected chi connectivity index (χ1v) is 9.88. The summed E-state index contributed by atoms with van der Waals surface area (Å²) in [4.78, 5) is 25.5. The van der Waals surface area contributed by atoms with E-state index in [4.69, 9.17) is 11.6 Å². The molecule has 0 spiro atoms. The van der Waals surface area contributed by atoms with E-state index in [2.05, 4.69) is 21.8 Å². The van der Waals surface area contributed by atoms with Crippen LogP contribution in [0.5, 0.6) is 0 Å². The van der Waals surface area contributed by atoms with Crippen LogP contribution in [-0.4, -0.2) is 27.6 Å². The third-order valence-electron chi connectivity index (χ3n) is 6.31. The highest BCUT2D eigenvalue weighted by atomic mass is 35.5. The van der Waals surface area contributed by atoms with E-state index < -0.39 is 0 Å². The maximum absolute atomic E-state index is 12.8. The molecule has 142 valence electrons.